The van der Waals surface area contributed by atoms with Crippen molar-refractivity contribution in [3.63, 3.8) is 0 Å². The number of para-hydroxylation sites is 2. The van der Waals surface area contributed by atoms with E-state index >= 15 is 0 Å². The Labute approximate surface area is 126 Å². The third kappa shape index (κ3) is 3.27. The van der Waals surface area contributed by atoms with Crippen molar-refractivity contribution in [3.05, 3.63) is 42.7 Å². The van der Waals surface area contributed by atoms with Crippen LogP contribution in [0.2, 0.25) is 0 Å². The standard InChI is InChI=1S/C17H24N4/c1-14(15-8-12-20(2)13-9-15)19-16-6-3-4-7-17(16)21-11-5-10-18-21/h3-7,10-11,14-15,19H,8-9,12-13H2,1-2H3. The molecule has 3 rings (SSSR count). The Morgan fingerprint density at radius 1 is 1.19 bits per heavy atom. The molecule has 0 amide bonds. The molecule has 1 aliphatic rings. The summed E-state index contributed by atoms with van der Waals surface area (Å²) in [4.78, 5) is 2.42. The van der Waals surface area contributed by atoms with Gasteiger partial charge in [0.15, 0.2) is 0 Å². The van der Waals surface area contributed by atoms with Gasteiger partial charge in [-0.15, -0.1) is 0 Å². The van der Waals surface area contributed by atoms with Crippen molar-refractivity contribution in [1.82, 2.24) is 14.7 Å². The number of likely N-dealkylation sites (tertiary alicyclic amines) is 1. The highest BCUT2D eigenvalue weighted by Crippen LogP contribution is 2.25. The van der Waals surface area contributed by atoms with E-state index in [1.54, 1.807) is 0 Å². The fourth-order valence-electron chi connectivity index (χ4n) is 3.10. The normalized spacial score (nSPS) is 18.6. The lowest BCUT2D eigenvalue weighted by atomic mass is 9.90. The predicted octanol–water partition coefficient (Wildman–Crippen LogP) is 3.01. The van der Waals surface area contributed by atoms with Gasteiger partial charge in [-0.2, -0.15) is 5.10 Å². The number of aromatic nitrogens is 2. The number of piperidine rings is 1. The first kappa shape index (κ1) is 14.1. The van der Waals surface area contributed by atoms with E-state index in [1.807, 2.05) is 23.1 Å². The van der Waals surface area contributed by atoms with Gasteiger partial charge in [-0.05, 0) is 64.0 Å². The van der Waals surface area contributed by atoms with Crippen LogP contribution in [0.4, 0.5) is 5.69 Å². The van der Waals surface area contributed by atoms with Gasteiger partial charge < -0.3 is 10.2 Å². The van der Waals surface area contributed by atoms with Crippen molar-refractivity contribution >= 4 is 5.69 Å². The molecule has 0 spiro atoms. The molecule has 1 atom stereocenters. The van der Waals surface area contributed by atoms with Gasteiger partial charge in [0.2, 0.25) is 0 Å². The zero-order chi connectivity index (χ0) is 14.7. The topological polar surface area (TPSA) is 33.1 Å². The minimum atomic E-state index is 0.482. The maximum atomic E-state index is 4.35. The molecule has 1 aliphatic heterocycles. The van der Waals surface area contributed by atoms with Gasteiger partial charge in [0.05, 0.1) is 11.4 Å². The largest absolute Gasteiger partial charge is 0.381 e. The molecule has 1 N–H and O–H groups in total. The average molecular weight is 284 g/mol. The van der Waals surface area contributed by atoms with Crippen LogP contribution in [0.3, 0.4) is 0 Å². The molecule has 1 aromatic carbocycles. The molecule has 21 heavy (non-hydrogen) atoms. The molecule has 1 fully saturated rings. The number of hydrogen-bond acceptors (Lipinski definition) is 3. The van der Waals surface area contributed by atoms with Crippen LogP contribution in [0.5, 0.6) is 0 Å². The Morgan fingerprint density at radius 3 is 2.67 bits per heavy atom. The molecule has 1 saturated heterocycles. The molecule has 2 aromatic rings. The van der Waals surface area contributed by atoms with E-state index in [1.165, 1.54) is 25.9 Å². The van der Waals surface area contributed by atoms with Crippen LogP contribution in [0.25, 0.3) is 5.69 Å². The molecule has 4 heteroatoms. The molecule has 0 aliphatic carbocycles. The molecule has 2 heterocycles. The lowest BCUT2D eigenvalue weighted by Gasteiger charge is -2.33. The number of hydrogen-bond donors (Lipinski definition) is 1. The first-order valence-corrected chi connectivity index (χ1v) is 7.78. The van der Waals surface area contributed by atoms with Crippen LogP contribution in [0.15, 0.2) is 42.7 Å². The molecule has 112 valence electrons. The van der Waals surface area contributed by atoms with E-state index in [9.17, 15) is 0 Å². The van der Waals surface area contributed by atoms with E-state index in [0.717, 1.165) is 17.3 Å². The molecule has 4 nitrogen and oxygen atoms in total. The third-order valence-electron chi connectivity index (χ3n) is 4.51. The molecule has 0 saturated carbocycles. The van der Waals surface area contributed by atoms with Crippen molar-refractivity contribution in [2.24, 2.45) is 5.92 Å². The van der Waals surface area contributed by atoms with Crippen LogP contribution in [-0.2, 0) is 0 Å². The van der Waals surface area contributed by atoms with Crippen LogP contribution in [0.1, 0.15) is 19.8 Å². The van der Waals surface area contributed by atoms with Gasteiger partial charge in [0, 0.05) is 18.4 Å². The lowest BCUT2D eigenvalue weighted by molar-refractivity contribution is 0.208. The van der Waals surface area contributed by atoms with Crippen LogP contribution in [0, 0.1) is 5.92 Å². The third-order valence-corrected chi connectivity index (χ3v) is 4.51. The second-order valence-electron chi connectivity index (χ2n) is 6.04. The summed E-state index contributed by atoms with van der Waals surface area (Å²) >= 11 is 0. The average Bonchev–Trinajstić information content (AvgIpc) is 3.02. The van der Waals surface area contributed by atoms with E-state index in [-0.39, 0.29) is 0 Å². The summed E-state index contributed by atoms with van der Waals surface area (Å²) in [5.74, 6) is 0.742. The summed E-state index contributed by atoms with van der Waals surface area (Å²) in [6, 6.07) is 10.8. The Morgan fingerprint density at radius 2 is 1.95 bits per heavy atom. The number of nitrogens with zero attached hydrogens (tertiary/aromatic N) is 3. The van der Waals surface area contributed by atoms with Crippen molar-refractivity contribution < 1.29 is 0 Å². The first-order valence-electron chi connectivity index (χ1n) is 7.78. The van der Waals surface area contributed by atoms with Crippen LogP contribution < -0.4 is 5.32 Å². The quantitative estimate of drug-likeness (QED) is 0.937. The fourth-order valence-corrected chi connectivity index (χ4v) is 3.10. The summed E-state index contributed by atoms with van der Waals surface area (Å²) in [5.41, 5.74) is 2.27. The molecule has 0 radical (unpaired) electrons. The van der Waals surface area contributed by atoms with E-state index in [4.69, 9.17) is 0 Å². The summed E-state index contributed by atoms with van der Waals surface area (Å²) in [5, 5.41) is 8.05. The number of anilines is 1. The minimum Gasteiger partial charge on any atom is -0.381 e. The zero-order valence-corrected chi connectivity index (χ0v) is 12.9. The Kier molecular flexibility index (Phi) is 4.25. The molecule has 1 unspecified atom stereocenters. The number of rotatable bonds is 4. The van der Waals surface area contributed by atoms with E-state index in [0.29, 0.717) is 6.04 Å². The minimum absolute atomic E-state index is 0.482. The number of nitrogens with one attached hydrogen (secondary N) is 1. The lowest BCUT2D eigenvalue weighted by Crippen LogP contribution is -2.37. The van der Waals surface area contributed by atoms with Gasteiger partial charge in [0.25, 0.3) is 0 Å². The van der Waals surface area contributed by atoms with Crippen molar-refractivity contribution in [2.75, 3.05) is 25.5 Å². The van der Waals surface area contributed by atoms with Crippen molar-refractivity contribution in [2.45, 2.75) is 25.8 Å². The van der Waals surface area contributed by atoms with Crippen LogP contribution in [-0.4, -0.2) is 40.9 Å². The Bertz CT molecular complexity index is 556. The van der Waals surface area contributed by atoms with Gasteiger partial charge in [-0.3, -0.25) is 0 Å². The highest BCUT2D eigenvalue weighted by Gasteiger charge is 2.22. The Balaban J connectivity index is 1.73. The second kappa shape index (κ2) is 6.31. The highest BCUT2D eigenvalue weighted by atomic mass is 15.3. The highest BCUT2D eigenvalue weighted by molar-refractivity contribution is 5.61. The molecular weight excluding hydrogens is 260 g/mol. The van der Waals surface area contributed by atoms with Gasteiger partial charge in [0.1, 0.15) is 0 Å². The number of benzene rings is 1. The zero-order valence-electron chi connectivity index (χ0n) is 12.9. The molecular formula is C17H24N4. The smallest absolute Gasteiger partial charge is 0.0876 e. The van der Waals surface area contributed by atoms with Gasteiger partial charge >= 0.3 is 0 Å². The second-order valence-corrected chi connectivity index (χ2v) is 6.04. The van der Waals surface area contributed by atoms with Crippen molar-refractivity contribution in [1.29, 1.82) is 0 Å². The molecule has 1 aromatic heterocycles. The Hall–Kier alpha value is -1.81. The summed E-state index contributed by atoms with van der Waals surface area (Å²) in [7, 11) is 2.21. The first-order chi connectivity index (χ1) is 10.2. The predicted molar refractivity (Wildman–Crippen MR) is 86.9 cm³/mol. The fraction of sp³-hybridized carbons (Fsp3) is 0.471. The monoisotopic (exact) mass is 284 g/mol. The summed E-state index contributed by atoms with van der Waals surface area (Å²) in [6.07, 6.45) is 6.35. The van der Waals surface area contributed by atoms with Crippen molar-refractivity contribution in [3.8, 4) is 5.69 Å². The van der Waals surface area contributed by atoms with E-state index < -0.39 is 0 Å². The van der Waals surface area contributed by atoms with E-state index in [2.05, 4.69) is 53.6 Å². The molecule has 0 bridgehead atoms. The van der Waals surface area contributed by atoms with Gasteiger partial charge in [-0.25, -0.2) is 4.68 Å². The van der Waals surface area contributed by atoms with Crippen LogP contribution >= 0.6 is 0 Å². The van der Waals surface area contributed by atoms with Gasteiger partial charge in [-0.1, -0.05) is 12.1 Å². The summed E-state index contributed by atoms with van der Waals surface area (Å²) in [6.45, 7) is 4.71. The summed E-state index contributed by atoms with van der Waals surface area (Å²) < 4.78 is 1.92. The SMILES string of the molecule is CC(Nc1ccccc1-n1cccn1)C1CCN(C)CC1. The maximum Gasteiger partial charge on any atom is 0.0876 e. The maximum absolute atomic E-state index is 4.35.